The third-order valence-electron chi connectivity index (χ3n) is 3.35. The van der Waals surface area contributed by atoms with Crippen LogP contribution in [0.1, 0.15) is 36.2 Å². The molecular weight excluding hydrogens is 234 g/mol. The standard InChI is InChI=1S/C11H17N5O2/c1-16-6-8(13-7-16)9(17)14-11(10(12)15-18)4-2-3-5-11/h6-7,18H,2-5H2,1H3,(H2,12,15)(H,14,17). The van der Waals surface area contributed by atoms with Gasteiger partial charge in [0.2, 0.25) is 0 Å². The fourth-order valence-electron chi connectivity index (χ4n) is 2.33. The highest BCUT2D eigenvalue weighted by Gasteiger charge is 2.40. The summed E-state index contributed by atoms with van der Waals surface area (Å²) in [6.45, 7) is 0. The largest absolute Gasteiger partial charge is 0.409 e. The summed E-state index contributed by atoms with van der Waals surface area (Å²) < 4.78 is 1.69. The van der Waals surface area contributed by atoms with Crippen molar-refractivity contribution >= 4 is 11.7 Å². The minimum Gasteiger partial charge on any atom is -0.409 e. The molecule has 1 saturated carbocycles. The number of nitrogens with two attached hydrogens (primary N) is 1. The smallest absolute Gasteiger partial charge is 0.272 e. The molecule has 4 N–H and O–H groups in total. The molecule has 1 aliphatic rings. The Hall–Kier alpha value is -2.05. The van der Waals surface area contributed by atoms with E-state index in [0.29, 0.717) is 18.5 Å². The lowest BCUT2D eigenvalue weighted by atomic mass is 9.96. The van der Waals surface area contributed by atoms with E-state index in [1.165, 1.54) is 0 Å². The molecule has 1 fully saturated rings. The summed E-state index contributed by atoms with van der Waals surface area (Å²) in [6.07, 6.45) is 6.43. The maximum absolute atomic E-state index is 12.1. The highest BCUT2D eigenvalue weighted by Crippen LogP contribution is 2.30. The zero-order chi connectivity index (χ0) is 13.2. The molecule has 1 aliphatic carbocycles. The van der Waals surface area contributed by atoms with E-state index in [1.807, 2.05) is 0 Å². The number of hydrogen-bond donors (Lipinski definition) is 3. The van der Waals surface area contributed by atoms with E-state index < -0.39 is 5.54 Å². The Labute approximate surface area is 105 Å². The first-order valence-electron chi connectivity index (χ1n) is 5.86. The van der Waals surface area contributed by atoms with Gasteiger partial charge in [0.05, 0.1) is 6.33 Å². The molecule has 18 heavy (non-hydrogen) atoms. The van der Waals surface area contributed by atoms with E-state index >= 15 is 0 Å². The average Bonchev–Trinajstić information content (AvgIpc) is 2.98. The molecule has 1 heterocycles. The van der Waals surface area contributed by atoms with E-state index in [2.05, 4.69) is 15.5 Å². The van der Waals surface area contributed by atoms with Gasteiger partial charge in [-0.2, -0.15) is 0 Å². The second-order valence-electron chi connectivity index (χ2n) is 4.65. The SMILES string of the molecule is Cn1cnc(C(=O)NC2(C(N)=NO)CCCC2)c1. The summed E-state index contributed by atoms with van der Waals surface area (Å²) in [5.41, 5.74) is 5.30. The molecule has 0 bridgehead atoms. The normalized spacial score (nSPS) is 18.8. The molecule has 7 heteroatoms. The van der Waals surface area contributed by atoms with E-state index in [1.54, 1.807) is 24.1 Å². The highest BCUT2D eigenvalue weighted by molar-refractivity contribution is 5.99. The molecule has 0 atom stereocenters. The lowest BCUT2D eigenvalue weighted by molar-refractivity contribution is 0.0918. The van der Waals surface area contributed by atoms with E-state index in [4.69, 9.17) is 10.9 Å². The van der Waals surface area contributed by atoms with Crippen LogP contribution in [0.4, 0.5) is 0 Å². The average molecular weight is 251 g/mol. The Kier molecular flexibility index (Phi) is 3.22. The number of aromatic nitrogens is 2. The number of carbonyl (C=O) groups excluding carboxylic acids is 1. The topological polar surface area (TPSA) is 106 Å². The zero-order valence-corrected chi connectivity index (χ0v) is 10.3. The number of imidazole rings is 1. The van der Waals surface area contributed by atoms with Gasteiger partial charge in [0, 0.05) is 13.2 Å². The Balaban J connectivity index is 2.17. The molecule has 0 spiro atoms. The number of amidine groups is 1. The highest BCUT2D eigenvalue weighted by atomic mass is 16.4. The van der Waals surface area contributed by atoms with Crippen molar-refractivity contribution < 1.29 is 10.0 Å². The van der Waals surface area contributed by atoms with Crippen LogP contribution in [0.3, 0.4) is 0 Å². The summed E-state index contributed by atoms with van der Waals surface area (Å²) in [6, 6.07) is 0. The first-order valence-corrected chi connectivity index (χ1v) is 5.86. The first-order chi connectivity index (χ1) is 8.57. The number of carbonyl (C=O) groups is 1. The van der Waals surface area contributed by atoms with Gasteiger partial charge in [-0.1, -0.05) is 18.0 Å². The van der Waals surface area contributed by atoms with Crippen LogP contribution in [0.25, 0.3) is 0 Å². The molecule has 1 aromatic heterocycles. The van der Waals surface area contributed by atoms with Gasteiger partial charge in [0.1, 0.15) is 11.2 Å². The molecule has 0 saturated heterocycles. The number of amides is 1. The minimum absolute atomic E-state index is 0.0595. The van der Waals surface area contributed by atoms with Crippen molar-refractivity contribution in [3.05, 3.63) is 18.2 Å². The van der Waals surface area contributed by atoms with Gasteiger partial charge in [-0.05, 0) is 12.8 Å². The second-order valence-corrected chi connectivity index (χ2v) is 4.65. The Morgan fingerprint density at radius 2 is 2.28 bits per heavy atom. The van der Waals surface area contributed by atoms with Crippen molar-refractivity contribution in [1.82, 2.24) is 14.9 Å². The predicted molar refractivity (Wildman–Crippen MR) is 65.3 cm³/mol. The molecule has 0 aromatic carbocycles. The Bertz CT molecular complexity index is 474. The van der Waals surface area contributed by atoms with E-state index in [-0.39, 0.29) is 11.7 Å². The van der Waals surface area contributed by atoms with Gasteiger partial charge in [0.25, 0.3) is 5.91 Å². The molecule has 1 amide bonds. The monoisotopic (exact) mass is 251 g/mol. The van der Waals surface area contributed by atoms with Gasteiger partial charge in [-0.25, -0.2) is 4.98 Å². The van der Waals surface area contributed by atoms with Crippen LogP contribution in [-0.4, -0.2) is 32.0 Å². The number of nitrogens with zero attached hydrogens (tertiary/aromatic N) is 3. The molecule has 0 unspecified atom stereocenters. The molecule has 2 rings (SSSR count). The van der Waals surface area contributed by atoms with Crippen molar-refractivity contribution in [2.45, 2.75) is 31.2 Å². The van der Waals surface area contributed by atoms with Gasteiger partial charge in [-0.3, -0.25) is 4.79 Å². The zero-order valence-electron chi connectivity index (χ0n) is 10.3. The van der Waals surface area contributed by atoms with E-state index in [0.717, 1.165) is 12.8 Å². The lowest BCUT2D eigenvalue weighted by Crippen LogP contribution is -2.55. The van der Waals surface area contributed by atoms with Gasteiger partial charge >= 0.3 is 0 Å². The fraction of sp³-hybridized carbons (Fsp3) is 0.545. The van der Waals surface area contributed by atoms with Crippen molar-refractivity contribution in [3.63, 3.8) is 0 Å². The summed E-state index contributed by atoms with van der Waals surface area (Å²) in [5.74, 6) is -0.242. The van der Waals surface area contributed by atoms with Crippen molar-refractivity contribution in [1.29, 1.82) is 0 Å². The van der Waals surface area contributed by atoms with Crippen LogP contribution in [0, 0.1) is 0 Å². The first kappa shape index (κ1) is 12.4. The summed E-state index contributed by atoms with van der Waals surface area (Å²) >= 11 is 0. The molecule has 7 nitrogen and oxygen atoms in total. The maximum Gasteiger partial charge on any atom is 0.272 e. The van der Waals surface area contributed by atoms with Gasteiger partial charge < -0.3 is 20.8 Å². The molecule has 0 radical (unpaired) electrons. The van der Waals surface area contributed by atoms with Crippen LogP contribution < -0.4 is 11.1 Å². The van der Waals surface area contributed by atoms with Crippen LogP contribution in [0.15, 0.2) is 17.7 Å². The molecular formula is C11H17N5O2. The summed E-state index contributed by atoms with van der Waals surface area (Å²) in [5, 5.41) is 14.7. The van der Waals surface area contributed by atoms with Crippen LogP contribution in [0.2, 0.25) is 0 Å². The lowest BCUT2D eigenvalue weighted by Gasteiger charge is -2.28. The molecule has 0 aliphatic heterocycles. The van der Waals surface area contributed by atoms with Crippen molar-refractivity contribution in [2.75, 3.05) is 0 Å². The third kappa shape index (κ3) is 2.15. The van der Waals surface area contributed by atoms with Crippen molar-refractivity contribution in [2.24, 2.45) is 17.9 Å². The number of hydrogen-bond acceptors (Lipinski definition) is 4. The Morgan fingerprint density at radius 1 is 1.61 bits per heavy atom. The maximum atomic E-state index is 12.1. The van der Waals surface area contributed by atoms with Crippen LogP contribution in [0.5, 0.6) is 0 Å². The number of rotatable bonds is 3. The minimum atomic E-state index is -0.733. The predicted octanol–water partition coefficient (Wildman–Crippen LogP) is 0.209. The molecule has 1 aromatic rings. The number of aryl methyl sites for hydroxylation is 1. The molecule has 98 valence electrons. The number of oxime groups is 1. The van der Waals surface area contributed by atoms with E-state index in [9.17, 15) is 4.79 Å². The summed E-state index contributed by atoms with van der Waals surface area (Å²) in [4.78, 5) is 16.0. The number of nitrogens with one attached hydrogen (secondary N) is 1. The van der Waals surface area contributed by atoms with Crippen LogP contribution >= 0.6 is 0 Å². The van der Waals surface area contributed by atoms with Crippen molar-refractivity contribution in [3.8, 4) is 0 Å². The van der Waals surface area contributed by atoms with Crippen LogP contribution in [-0.2, 0) is 7.05 Å². The fourth-order valence-corrected chi connectivity index (χ4v) is 2.33. The summed E-state index contributed by atoms with van der Waals surface area (Å²) in [7, 11) is 1.79. The van der Waals surface area contributed by atoms with Gasteiger partial charge in [0.15, 0.2) is 5.84 Å². The van der Waals surface area contributed by atoms with Gasteiger partial charge in [-0.15, -0.1) is 0 Å². The third-order valence-corrected chi connectivity index (χ3v) is 3.35. The second kappa shape index (κ2) is 4.67. The quantitative estimate of drug-likeness (QED) is 0.309. The Morgan fingerprint density at radius 3 is 2.78 bits per heavy atom.